The minimum absolute atomic E-state index is 0.178. The van der Waals surface area contributed by atoms with Gasteiger partial charge in [-0.15, -0.1) is 0 Å². The van der Waals surface area contributed by atoms with Gasteiger partial charge < -0.3 is 15.4 Å². The summed E-state index contributed by atoms with van der Waals surface area (Å²) in [6.45, 7) is 0.267. The van der Waals surface area contributed by atoms with Gasteiger partial charge in [-0.25, -0.2) is 4.39 Å². The number of ether oxygens (including phenoxy) is 1. The summed E-state index contributed by atoms with van der Waals surface area (Å²) in [5, 5.41) is 5.52. The number of carbonyl (C=O) groups excluding carboxylic acids is 2. The van der Waals surface area contributed by atoms with Crippen molar-refractivity contribution >= 4 is 23.6 Å². The molecule has 3 aromatic rings. The highest BCUT2D eigenvalue weighted by atomic mass is 19.1. The van der Waals surface area contributed by atoms with Gasteiger partial charge in [-0.3, -0.25) is 9.59 Å². The number of amides is 2. The smallest absolute Gasteiger partial charge is 0.291 e. The van der Waals surface area contributed by atoms with Crippen molar-refractivity contribution in [1.82, 2.24) is 5.32 Å². The highest BCUT2D eigenvalue weighted by Crippen LogP contribution is 2.32. The van der Waals surface area contributed by atoms with E-state index in [1.807, 2.05) is 30.3 Å². The van der Waals surface area contributed by atoms with Crippen LogP contribution in [0.4, 0.5) is 10.1 Å². The van der Waals surface area contributed by atoms with Crippen LogP contribution in [0, 0.1) is 5.82 Å². The molecule has 5 nitrogen and oxygen atoms in total. The standard InChI is InChI=1S/C23H17FN2O3/c24-18-9-6-16(7-10-18)14-25-22(27)17-8-11-20-19(13-17)26-23(28)21(29-20)12-15-4-2-1-3-5-15/h1-13H,14H2,(H,25,27)(H,26,28)/b21-12-. The van der Waals surface area contributed by atoms with Crippen molar-refractivity contribution in [3.63, 3.8) is 0 Å². The third kappa shape index (κ3) is 4.32. The largest absolute Gasteiger partial charge is 0.449 e. The number of rotatable bonds is 4. The molecule has 0 bridgehead atoms. The Bertz CT molecular complexity index is 1090. The first-order valence-corrected chi connectivity index (χ1v) is 9.01. The zero-order valence-corrected chi connectivity index (χ0v) is 15.3. The summed E-state index contributed by atoms with van der Waals surface area (Å²) < 4.78 is 18.7. The summed E-state index contributed by atoms with van der Waals surface area (Å²) >= 11 is 0. The van der Waals surface area contributed by atoms with Crippen LogP contribution in [-0.4, -0.2) is 11.8 Å². The fourth-order valence-corrected chi connectivity index (χ4v) is 2.89. The number of hydrogen-bond acceptors (Lipinski definition) is 3. The monoisotopic (exact) mass is 388 g/mol. The zero-order chi connectivity index (χ0) is 20.2. The van der Waals surface area contributed by atoms with E-state index < -0.39 is 0 Å². The third-order valence-electron chi connectivity index (χ3n) is 4.40. The second-order valence-corrected chi connectivity index (χ2v) is 6.50. The van der Waals surface area contributed by atoms with Gasteiger partial charge in [0.15, 0.2) is 11.5 Å². The molecule has 0 spiro atoms. The Kier molecular flexibility index (Phi) is 5.07. The van der Waals surface area contributed by atoms with Crippen molar-refractivity contribution in [2.75, 3.05) is 5.32 Å². The van der Waals surface area contributed by atoms with E-state index in [-0.39, 0.29) is 29.9 Å². The van der Waals surface area contributed by atoms with Crippen LogP contribution in [0.25, 0.3) is 6.08 Å². The first-order valence-electron chi connectivity index (χ1n) is 9.01. The quantitative estimate of drug-likeness (QED) is 0.661. The van der Waals surface area contributed by atoms with Crippen LogP contribution in [0.1, 0.15) is 21.5 Å². The van der Waals surface area contributed by atoms with E-state index in [0.717, 1.165) is 11.1 Å². The van der Waals surface area contributed by atoms with Gasteiger partial charge in [-0.05, 0) is 47.5 Å². The Hall–Kier alpha value is -3.93. The molecule has 1 aliphatic rings. The van der Waals surface area contributed by atoms with Gasteiger partial charge >= 0.3 is 0 Å². The Labute approximate surface area is 166 Å². The van der Waals surface area contributed by atoms with E-state index in [1.165, 1.54) is 12.1 Å². The first-order chi connectivity index (χ1) is 14.1. The van der Waals surface area contributed by atoms with E-state index in [9.17, 15) is 14.0 Å². The maximum Gasteiger partial charge on any atom is 0.291 e. The van der Waals surface area contributed by atoms with E-state index in [4.69, 9.17) is 4.74 Å². The minimum atomic E-state index is -0.384. The van der Waals surface area contributed by atoms with Crippen molar-refractivity contribution in [2.24, 2.45) is 0 Å². The summed E-state index contributed by atoms with van der Waals surface area (Å²) in [5.74, 6) is -0.382. The van der Waals surface area contributed by atoms with Gasteiger partial charge in [-0.2, -0.15) is 0 Å². The van der Waals surface area contributed by atoms with Gasteiger partial charge in [0, 0.05) is 12.1 Å². The number of fused-ring (bicyclic) bond motifs is 1. The van der Waals surface area contributed by atoms with Crippen LogP contribution in [0.5, 0.6) is 5.75 Å². The number of benzene rings is 3. The SMILES string of the molecule is O=C1Nc2cc(C(=O)NCc3ccc(F)cc3)ccc2O/C1=C\c1ccccc1. The molecule has 0 aromatic heterocycles. The van der Waals surface area contributed by atoms with Gasteiger partial charge in [0.1, 0.15) is 5.82 Å². The maximum absolute atomic E-state index is 13.0. The van der Waals surface area contributed by atoms with Crippen LogP contribution in [0.3, 0.4) is 0 Å². The summed E-state index contributed by atoms with van der Waals surface area (Å²) in [6.07, 6.45) is 1.65. The van der Waals surface area contributed by atoms with Crippen molar-refractivity contribution < 1.29 is 18.7 Å². The van der Waals surface area contributed by atoms with Crippen LogP contribution in [-0.2, 0) is 11.3 Å². The average molecular weight is 388 g/mol. The van der Waals surface area contributed by atoms with Crippen molar-refractivity contribution in [2.45, 2.75) is 6.54 Å². The van der Waals surface area contributed by atoms with Gasteiger partial charge in [0.2, 0.25) is 0 Å². The molecule has 4 rings (SSSR count). The predicted molar refractivity (Wildman–Crippen MR) is 108 cm³/mol. The molecule has 0 saturated carbocycles. The maximum atomic E-state index is 13.0. The molecule has 2 amide bonds. The van der Waals surface area contributed by atoms with E-state index in [2.05, 4.69) is 10.6 Å². The molecule has 0 aliphatic carbocycles. The molecule has 0 saturated heterocycles. The highest BCUT2D eigenvalue weighted by molar-refractivity contribution is 6.09. The summed E-state index contributed by atoms with van der Waals surface area (Å²) in [7, 11) is 0. The topological polar surface area (TPSA) is 67.4 Å². The Morgan fingerprint density at radius 1 is 1.03 bits per heavy atom. The molecule has 1 heterocycles. The molecule has 0 atom stereocenters. The zero-order valence-electron chi connectivity index (χ0n) is 15.3. The predicted octanol–water partition coefficient (Wildman–Crippen LogP) is 4.13. The summed E-state index contributed by atoms with van der Waals surface area (Å²) in [6, 6.07) is 20.1. The van der Waals surface area contributed by atoms with E-state index >= 15 is 0 Å². The lowest BCUT2D eigenvalue weighted by Gasteiger charge is -2.20. The number of nitrogens with one attached hydrogen (secondary N) is 2. The second-order valence-electron chi connectivity index (χ2n) is 6.50. The molecule has 2 N–H and O–H groups in total. The average Bonchev–Trinajstić information content (AvgIpc) is 2.74. The van der Waals surface area contributed by atoms with Crippen molar-refractivity contribution in [3.05, 3.63) is 101 Å². The fourth-order valence-electron chi connectivity index (χ4n) is 2.89. The molecule has 0 unspecified atom stereocenters. The van der Waals surface area contributed by atoms with Crippen molar-refractivity contribution in [1.29, 1.82) is 0 Å². The normalized spacial score (nSPS) is 14.0. The number of halogens is 1. The van der Waals surface area contributed by atoms with Gasteiger partial charge in [0.25, 0.3) is 11.8 Å². The first kappa shape index (κ1) is 18.4. The number of hydrogen-bond donors (Lipinski definition) is 2. The summed E-state index contributed by atoms with van der Waals surface area (Å²) in [5.41, 5.74) is 2.43. The van der Waals surface area contributed by atoms with Crippen LogP contribution >= 0.6 is 0 Å². The lowest BCUT2D eigenvalue weighted by molar-refractivity contribution is -0.115. The van der Waals surface area contributed by atoms with Gasteiger partial charge in [0.05, 0.1) is 5.69 Å². The minimum Gasteiger partial charge on any atom is -0.449 e. The second kappa shape index (κ2) is 7.98. The summed E-state index contributed by atoms with van der Waals surface area (Å²) in [4.78, 5) is 24.8. The Morgan fingerprint density at radius 3 is 2.55 bits per heavy atom. The lowest BCUT2D eigenvalue weighted by atomic mass is 10.1. The van der Waals surface area contributed by atoms with E-state index in [1.54, 1.807) is 36.4 Å². The molecular weight excluding hydrogens is 371 g/mol. The molecule has 0 fully saturated rings. The Balaban J connectivity index is 1.47. The molecule has 1 aliphatic heterocycles. The van der Waals surface area contributed by atoms with Crippen LogP contribution in [0.15, 0.2) is 78.6 Å². The number of carbonyl (C=O) groups is 2. The lowest BCUT2D eigenvalue weighted by Crippen LogP contribution is -2.25. The van der Waals surface area contributed by atoms with Gasteiger partial charge in [-0.1, -0.05) is 42.5 Å². The molecular formula is C23H17FN2O3. The van der Waals surface area contributed by atoms with E-state index in [0.29, 0.717) is 17.0 Å². The molecule has 0 radical (unpaired) electrons. The molecule has 144 valence electrons. The Morgan fingerprint density at radius 2 is 1.79 bits per heavy atom. The molecule has 3 aromatic carbocycles. The fraction of sp³-hybridized carbons (Fsp3) is 0.0435. The number of anilines is 1. The molecule has 29 heavy (non-hydrogen) atoms. The third-order valence-corrected chi connectivity index (χ3v) is 4.40. The highest BCUT2D eigenvalue weighted by Gasteiger charge is 2.23. The van der Waals surface area contributed by atoms with Crippen LogP contribution < -0.4 is 15.4 Å². The molecule has 6 heteroatoms. The van der Waals surface area contributed by atoms with Crippen LogP contribution in [0.2, 0.25) is 0 Å². The van der Waals surface area contributed by atoms with Crippen molar-refractivity contribution in [3.8, 4) is 5.75 Å².